The zero-order valence-corrected chi connectivity index (χ0v) is 9.16. The van der Waals surface area contributed by atoms with Crippen LogP contribution in [-0.4, -0.2) is 39.9 Å². The van der Waals surface area contributed by atoms with Gasteiger partial charge in [0.25, 0.3) is 5.56 Å². The fourth-order valence-electron chi connectivity index (χ4n) is 1.92. The van der Waals surface area contributed by atoms with Crippen LogP contribution in [-0.2, 0) is 9.84 Å². The molecule has 0 aromatic carbocycles. The molecule has 0 N–H and O–H groups in total. The lowest BCUT2D eigenvalue weighted by atomic mass is 10.3. The van der Waals surface area contributed by atoms with Gasteiger partial charge in [0, 0.05) is 0 Å². The lowest BCUT2D eigenvalue weighted by molar-refractivity contribution is 0.461. The molecule has 0 spiro atoms. The van der Waals surface area contributed by atoms with E-state index >= 15 is 0 Å². The number of hydrogen-bond donors (Lipinski definition) is 0. The minimum absolute atomic E-state index is 0.0307. The third-order valence-electron chi connectivity index (χ3n) is 2.54. The van der Waals surface area contributed by atoms with Crippen LogP contribution in [0.4, 0.5) is 0 Å². The van der Waals surface area contributed by atoms with Crippen molar-refractivity contribution in [1.29, 1.82) is 0 Å². The molecule has 15 heavy (non-hydrogen) atoms. The molecule has 2 aliphatic heterocycles. The van der Waals surface area contributed by atoms with Crippen molar-refractivity contribution in [3.05, 3.63) is 16.6 Å². The van der Waals surface area contributed by atoms with Gasteiger partial charge in [0.1, 0.15) is 6.20 Å². The monoisotopic (exact) mass is 245 g/mol. The Labute approximate surface area is 89.6 Å². The maximum atomic E-state index is 11.4. The van der Waals surface area contributed by atoms with Crippen molar-refractivity contribution in [3.8, 4) is 0 Å². The van der Waals surface area contributed by atoms with Gasteiger partial charge in [-0.25, -0.2) is 13.1 Å². The number of thioether (sulfide) groups is 1. The predicted octanol–water partition coefficient (Wildman–Crippen LogP) is -0.918. The zero-order valence-electron chi connectivity index (χ0n) is 7.53. The van der Waals surface area contributed by atoms with E-state index in [1.54, 1.807) is 4.68 Å². The van der Waals surface area contributed by atoms with Gasteiger partial charge < -0.3 is 0 Å². The van der Waals surface area contributed by atoms with Crippen LogP contribution in [0, 0.1) is 0 Å². The van der Waals surface area contributed by atoms with Crippen LogP contribution in [0.5, 0.6) is 0 Å². The number of hydrogen-bond acceptors (Lipinski definition) is 6. The van der Waals surface area contributed by atoms with Crippen molar-refractivity contribution >= 4 is 21.6 Å². The highest BCUT2D eigenvalue weighted by molar-refractivity contribution is 8.02. The normalized spacial score (nSPS) is 31.2. The summed E-state index contributed by atoms with van der Waals surface area (Å²) in [5.74, 6) is 0.261. The molecule has 0 saturated carbocycles. The first-order chi connectivity index (χ1) is 7.05. The lowest BCUT2D eigenvalue weighted by Gasteiger charge is -2.06. The smallest absolute Gasteiger partial charge is 0.266 e. The Morgan fingerprint density at radius 3 is 3.07 bits per heavy atom. The fraction of sp³-hybridized carbons (Fsp3) is 0.571. The molecule has 0 radical (unpaired) electrons. The molecule has 3 rings (SSSR count). The number of aromatic nitrogens is 3. The van der Waals surface area contributed by atoms with Crippen molar-refractivity contribution in [1.82, 2.24) is 14.8 Å². The van der Waals surface area contributed by atoms with Crippen molar-refractivity contribution in [2.75, 3.05) is 11.5 Å². The maximum Gasteiger partial charge on any atom is 0.292 e. The molecule has 3 heterocycles. The summed E-state index contributed by atoms with van der Waals surface area (Å²) in [5.41, 5.74) is -0.378. The Kier molecular flexibility index (Phi) is 1.76. The molecule has 8 heteroatoms. The van der Waals surface area contributed by atoms with Crippen molar-refractivity contribution in [3.63, 3.8) is 0 Å². The Hall–Kier alpha value is -0.890. The van der Waals surface area contributed by atoms with Crippen LogP contribution in [0.15, 0.2) is 16.1 Å². The van der Waals surface area contributed by atoms with E-state index in [2.05, 4.69) is 10.1 Å². The highest BCUT2D eigenvalue weighted by Gasteiger charge is 2.45. The quantitative estimate of drug-likeness (QED) is 0.588. The SMILES string of the molecule is O=c1cnn2c(n1)SC1CS(=O)(=O)CC12. The summed E-state index contributed by atoms with van der Waals surface area (Å²) < 4.78 is 24.3. The van der Waals surface area contributed by atoms with Crippen LogP contribution in [0.3, 0.4) is 0 Å². The van der Waals surface area contributed by atoms with Crippen molar-refractivity contribution in [2.45, 2.75) is 16.4 Å². The average Bonchev–Trinajstić information content (AvgIpc) is 2.55. The summed E-state index contributed by atoms with van der Waals surface area (Å²) in [6.07, 6.45) is 1.12. The summed E-state index contributed by atoms with van der Waals surface area (Å²) in [7, 11) is -2.95. The topological polar surface area (TPSA) is 81.9 Å². The third-order valence-corrected chi connectivity index (χ3v) is 5.74. The van der Waals surface area contributed by atoms with Crippen LogP contribution in [0.2, 0.25) is 0 Å². The molecular formula is C7H7N3O3S2. The lowest BCUT2D eigenvalue weighted by Crippen LogP contribution is -2.19. The van der Waals surface area contributed by atoms with Gasteiger partial charge in [-0.2, -0.15) is 10.1 Å². The van der Waals surface area contributed by atoms with E-state index in [-0.39, 0.29) is 28.4 Å². The van der Waals surface area contributed by atoms with E-state index in [9.17, 15) is 13.2 Å². The molecule has 2 atom stereocenters. The molecule has 1 aromatic heterocycles. The van der Waals surface area contributed by atoms with E-state index in [4.69, 9.17) is 0 Å². The summed E-state index contributed by atoms with van der Waals surface area (Å²) in [6, 6.07) is -0.150. The molecule has 0 amide bonds. The van der Waals surface area contributed by atoms with Crippen LogP contribution < -0.4 is 5.56 Å². The molecule has 6 nitrogen and oxygen atoms in total. The van der Waals surface area contributed by atoms with Crippen LogP contribution in [0.25, 0.3) is 0 Å². The molecule has 0 aliphatic carbocycles. The molecule has 80 valence electrons. The molecule has 2 aliphatic rings. The first-order valence-electron chi connectivity index (χ1n) is 4.38. The van der Waals surface area contributed by atoms with Gasteiger partial charge in [-0.05, 0) is 0 Å². The summed E-state index contributed by atoms with van der Waals surface area (Å²) in [4.78, 5) is 14.8. The highest BCUT2D eigenvalue weighted by Crippen LogP contribution is 2.42. The molecule has 1 saturated heterocycles. The molecule has 1 aromatic rings. The average molecular weight is 245 g/mol. The number of rotatable bonds is 0. The summed E-state index contributed by atoms with van der Waals surface area (Å²) >= 11 is 1.33. The maximum absolute atomic E-state index is 11.4. The highest BCUT2D eigenvalue weighted by atomic mass is 32.2. The van der Waals surface area contributed by atoms with E-state index < -0.39 is 9.84 Å². The van der Waals surface area contributed by atoms with Gasteiger partial charge >= 0.3 is 0 Å². The van der Waals surface area contributed by atoms with E-state index in [0.717, 1.165) is 6.20 Å². The first-order valence-corrected chi connectivity index (χ1v) is 7.08. The number of sulfone groups is 1. The summed E-state index contributed by atoms with van der Waals surface area (Å²) in [6.45, 7) is 0. The second-order valence-corrected chi connectivity index (χ2v) is 6.98. The van der Waals surface area contributed by atoms with Gasteiger partial charge in [0.2, 0.25) is 0 Å². The molecule has 0 bridgehead atoms. The summed E-state index contributed by atoms with van der Waals surface area (Å²) in [5, 5.41) is 4.43. The standard InChI is InChI=1S/C7H7N3O3S2/c11-6-1-8-10-4-2-15(12,13)3-5(4)14-7(10)9-6/h1,4-5H,2-3H2. The first kappa shape index (κ1) is 9.34. The van der Waals surface area contributed by atoms with Crippen molar-refractivity contribution < 1.29 is 8.42 Å². The number of fused-ring (bicyclic) bond motifs is 3. The molecular weight excluding hydrogens is 238 g/mol. The third kappa shape index (κ3) is 1.39. The minimum atomic E-state index is -2.95. The Morgan fingerprint density at radius 1 is 1.47 bits per heavy atom. The van der Waals surface area contributed by atoms with Crippen LogP contribution in [0.1, 0.15) is 6.04 Å². The molecule has 2 unspecified atom stereocenters. The van der Waals surface area contributed by atoms with Gasteiger partial charge in [-0.15, -0.1) is 0 Å². The van der Waals surface area contributed by atoms with Gasteiger partial charge in [-0.1, -0.05) is 11.8 Å². The van der Waals surface area contributed by atoms with Gasteiger partial charge in [0.15, 0.2) is 15.0 Å². The Balaban J connectivity index is 2.10. The van der Waals surface area contributed by atoms with E-state index in [0.29, 0.717) is 5.16 Å². The number of nitrogens with zero attached hydrogens (tertiary/aromatic N) is 3. The van der Waals surface area contributed by atoms with Crippen LogP contribution >= 0.6 is 11.8 Å². The van der Waals surface area contributed by atoms with E-state index in [1.165, 1.54) is 11.8 Å². The Morgan fingerprint density at radius 2 is 2.27 bits per heavy atom. The zero-order chi connectivity index (χ0) is 10.6. The Bertz CT molecular complexity index is 579. The van der Waals surface area contributed by atoms with E-state index in [1.807, 2.05) is 0 Å². The van der Waals surface area contributed by atoms with Gasteiger partial charge in [0.05, 0.1) is 22.8 Å². The predicted molar refractivity (Wildman–Crippen MR) is 53.6 cm³/mol. The minimum Gasteiger partial charge on any atom is -0.266 e. The fourth-order valence-corrected chi connectivity index (χ4v) is 5.76. The second kappa shape index (κ2) is 2.82. The molecule has 1 fully saturated rings. The van der Waals surface area contributed by atoms with Gasteiger partial charge in [-0.3, -0.25) is 4.79 Å². The van der Waals surface area contributed by atoms with Crippen molar-refractivity contribution in [2.24, 2.45) is 0 Å². The largest absolute Gasteiger partial charge is 0.292 e. The second-order valence-electron chi connectivity index (χ2n) is 3.62.